The van der Waals surface area contributed by atoms with Gasteiger partial charge in [-0.05, 0) is 131 Å². The Morgan fingerprint density at radius 2 is 0.775 bits per heavy atom. The van der Waals surface area contributed by atoms with Gasteiger partial charge in [0.25, 0.3) is 0 Å². The van der Waals surface area contributed by atoms with Gasteiger partial charge in [0.15, 0.2) is 23.0 Å². The molecule has 0 radical (unpaired) electrons. The van der Waals surface area contributed by atoms with Gasteiger partial charge in [-0.15, -0.1) is 0 Å². The molecule has 0 spiro atoms. The second kappa shape index (κ2) is 20.6. The molecule has 0 saturated heterocycles. The van der Waals surface area contributed by atoms with Crippen LogP contribution in [0.3, 0.4) is 0 Å². The van der Waals surface area contributed by atoms with E-state index >= 15 is 0 Å². The first-order valence-electron chi connectivity index (χ1n) is 23.8. The molecule has 1 aliphatic heterocycles. The van der Waals surface area contributed by atoms with Crippen LogP contribution in [0.15, 0.2) is 158 Å². The number of esters is 2. The largest absolute Gasteiger partial charge is 0.544 e. The van der Waals surface area contributed by atoms with E-state index in [0.717, 1.165) is 11.1 Å². The van der Waals surface area contributed by atoms with Crippen molar-refractivity contribution < 1.29 is 46.9 Å². The molecule has 0 atom stereocenters. The van der Waals surface area contributed by atoms with Gasteiger partial charge in [-0.2, -0.15) is 0 Å². The number of fused-ring (bicyclic) bond motifs is 1. The van der Waals surface area contributed by atoms with Crippen molar-refractivity contribution in [3.63, 3.8) is 0 Å². The van der Waals surface area contributed by atoms with Crippen molar-refractivity contribution in [2.24, 2.45) is 0 Å². The molecule has 366 valence electrons. The van der Waals surface area contributed by atoms with E-state index in [1.807, 2.05) is 109 Å². The molecule has 71 heavy (non-hydrogen) atoms. The Morgan fingerprint density at radius 3 is 1.10 bits per heavy atom. The molecule has 0 saturated carbocycles. The zero-order valence-electron chi connectivity index (χ0n) is 42.2. The molecule has 12 heteroatoms. The number of benzene rings is 7. The molecular weight excluding hydrogens is 925 g/mol. The van der Waals surface area contributed by atoms with Crippen molar-refractivity contribution in [2.75, 3.05) is 6.79 Å². The average molecular weight is 987 g/mol. The predicted molar refractivity (Wildman–Crippen MR) is 283 cm³/mol. The van der Waals surface area contributed by atoms with Crippen molar-refractivity contribution in [3.05, 3.63) is 180 Å². The van der Waals surface area contributed by atoms with Crippen LogP contribution in [0.4, 0.5) is 0 Å². The van der Waals surface area contributed by atoms with Crippen molar-refractivity contribution in [3.8, 4) is 68.2 Å². The Bertz CT molecular complexity index is 2760. The van der Waals surface area contributed by atoms with E-state index in [-0.39, 0.29) is 39.5 Å². The zero-order valence-corrected chi connectivity index (χ0v) is 44.2. The minimum absolute atomic E-state index is 0.0373. The summed E-state index contributed by atoms with van der Waals surface area (Å²) in [4.78, 5) is 29.2. The third-order valence-corrected chi connectivity index (χ3v) is 22.2. The van der Waals surface area contributed by atoms with Gasteiger partial charge in [-0.3, -0.25) is 0 Å². The molecule has 0 N–H and O–H groups in total. The lowest BCUT2D eigenvalue weighted by Crippen LogP contribution is -2.43. The van der Waals surface area contributed by atoms with E-state index in [0.29, 0.717) is 70.0 Å². The standard InChI is InChI=1S/C59H62O10Si2/c1-58(2,3)70(7,8)68-48-33-21-42(22-34-48)50-52-53(65-39-64-52)51(43-23-35-49(36-24-43)69-71(9,10)59(4,5)6)55(67-57(61)45-27-31-47(32-28-45)63-38-41-19-15-12-16-20-41)54(50)66-56(60)44-25-29-46(30-26-44)62-37-40-17-13-11-14-18-40/h11-36H,37-39H2,1-10H3. The lowest BCUT2D eigenvalue weighted by atomic mass is 9.95. The second-order valence-corrected chi connectivity index (χ2v) is 30.1. The summed E-state index contributed by atoms with van der Waals surface area (Å²) in [5.41, 5.74) is 4.38. The smallest absolute Gasteiger partial charge is 0.343 e. The number of hydrogen-bond acceptors (Lipinski definition) is 10. The van der Waals surface area contributed by atoms with Gasteiger partial charge in [0.05, 0.1) is 22.3 Å². The maximum Gasteiger partial charge on any atom is 0.343 e. The lowest BCUT2D eigenvalue weighted by Gasteiger charge is -2.36. The topological polar surface area (TPSA) is 108 Å². The molecule has 0 amide bonds. The quantitative estimate of drug-likeness (QED) is 0.0527. The number of carbonyl (C=O) groups is 2. The van der Waals surface area contributed by atoms with Crippen molar-refractivity contribution in [1.82, 2.24) is 0 Å². The summed E-state index contributed by atoms with van der Waals surface area (Å²) >= 11 is 0. The molecular formula is C59H62O10Si2. The molecule has 7 aromatic rings. The predicted octanol–water partition coefficient (Wildman–Crippen LogP) is 15.1. The molecule has 0 bridgehead atoms. The molecule has 1 aliphatic rings. The molecule has 0 unspecified atom stereocenters. The maximum atomic E-state index is 14.6. The van der Waals surface area contributed by atoms with Crippen molar-refractivity contribution in [1.29, 1.82) is 0 Å². The average Bonchev–Trinajstić information content (AvgIpc) is 3.83. The van der Waals surface area contributed by atoms with Crippen LogP contribution in [-0.4, -0.2) is 35.4 Å². The summed E-state index contributed by atoms with van der Waals surface area (Å²) in [5, 5.41) is -0.0745. The van der Waals surface area contributed by atoms with Crippen LogP contribution < -0.4 is 37.3 Å². The second-order valence-electron chi connectivity index (χ2n) is 20.6. The highest BCUT2D eigenvalue weighted by Crippen LogP contribution is 2.59. The number of ether oxygens (including phenoxy) is 6. The highest BCUT2D eigenvalue weighted by molar-refractivity contribution is 6.75. The van der Waals surface area contributed by atoms with Crippen LogP contribution in [0, 0.1) is 0 Å². The molecule has 7 aromatic carbocycles. The minimum atomic E-state index is -2.21. The first-order chi connectivity index (χ1) is 33.8. The van der Waals surface area contributed by atoms with Crippen LogP contribution in [-0.2, 0) is 13.2 Å². The molecule has 0 fully saturated rings. The summed E-state index contributed by atoms with van der Waals surface area (Å²) in [6.45, 7) is 22.5. The van der Waals surface area contributed by atoms with E-state index in [2.05, 4.69) is 67.7 Å². The van der Waals surface area contributed by atoms with Gasteiger partial charge >= 0.3 is 11.9 Å². The lowest BCUT2D eigenvalue weighted by molar-refractivity contribution is 0.0683. The first kappa shape index (κ1) is 50.1. The van der Waals surface area contributed by atoms with Crippen LogP contribution >= 0.6 is 0 Å². The summed E-state index contributed by atoms with van der Waals surface area (Å²) < 4.78 is 51.1. The summed E-state index contributed by atoms with van der Waals surface area (Å²) in [5.74, 6) is 1.65. The van der Waals surface area contributed by atoms with Crippen LogP contribution in [0.25, 0.3) is 22.3 Å². The molecule has 10 nitrogen and oxygen atoms in total. The molecule has 8 rings (SSSR count). The monoisotopic (exact) mass is 986 g/mol. The van der Waals surface area contributed by atoms with E-state index in [1.165, 1.54) is 0 Å². The highest BCUT2D eigenvalue weighted by atomic mass is 28.4. The number of rotatable bonds is 16. The molecule has 0 aliphatic carbocycles. The Labute approximate surface area is 419 Å². The molecule has 1 heterocycles. The SMILES string of the molecule is CC(C)(C)[Si](C)(C)Oc1ccc(-c2c3c(c(-c4ccc(O[Si](C)(C)C(C)(C)C)cc4)c(OC(=O)c4ccc(OCc5ccccc5)cc4)c2OC(=O)c2ccc(OCc4ccccc4)cc2)OCO3)cc1. The van der Waals surface area contributed by atoms with E-state index in [4.69, 9.17) is 37.3 Å². The minimum Gasteiger partial charge on any atom is -0.544 e. The molecule has 0 aromatic heterocycles. The van der Waals surface area contributed by atoms with Crippen LogP contribution in [0.5, 0.6) is 46.0 Å². The fourth-order valence-corrected chi connectivity index (χ4v) is 9.30. The Morgan fingerprint density at radius 1 is 0.451 bits per heavy atom. The van der Waals surface area contributed by atoms with E-state index in [9.17, 15) is 9.59 Å². The normalized spacial score (nSPS) is 12.5. The first-order valence-corrected chi connectivity index (χ1v) is 29.6. The fraction of sp³-hybridized carbons (Fsp3) is 0.254. The van der Waals surface area contributed by atoms with Crippen LogP contribution in [0.2, 0.25) is 36.3 Å². The third-order valence-electron chi connectivity index (χ3n) is 13.4. The van der Waals surface area contributed by atoms with E-state index in [1.54, 1.807) is 48.5 Å². The van der Waals surface area contributed by atoms with Gasteiger partial charge < -0.3 is 37.3 Å². The van der Waals surface area contributed by atoms with Crippen molar-refractivity contribution >= 4 is 28.6 Å². The summed E-state index contributed by atoms with van der Waals surface area (Å²) in [6, 6.07) is 48.1. The highest BCUT2D eigenvalue weighted by Gasteiger charge is 2.41. The van der Waals surface area contributed by atoms with Gasteiger partial charge in [-0.25, -0.2) is 9.59 Å². The Hall–Kier alpha value is -7.29. The third kappa shape index (κ3) is 11.7. The number of hydrogen-bond donors (Lipinski definition) is 0. The van der Waals surface area contributed by atoms with Crippen molar-refractivity contribution in [2.45, 2.75) is 91.0 Å². The van der Waals surface area contributed by atoms with Gasteiger partial charge in [0.1, 0.15) is 36.2 Å². The van der Waals surface area contributed by atoms with Gasteiger partial charge in [0, 0.05) is 0 Å². The van der Waals surface area contributed by atoms with Gasteiger partial charge in [0.2, 0.25) is 23.4 Å². The van der Waals surface area contributed by atoms with Gasteiger partial charge in [-0.1, -0.05) is 126 Å². The van der Waals surface area contributed by atoms with E-state index < -0.39 is 28.6 Å². The Balaban J connectivity index is 1.24. The summed E-state index contributed by atoms with van der Waals surface area (Å²) in [6.07, 6.45) is 0. The zero-order chi connectivity index (χ0) is 50.6. The maximum absolute atomic E-state index is 14.6. The fourth-order valence-electron chi connectivity index (χ4n) is 7.24. The number of carbonyl (C=O) groups excluding carboxylic acids is 2. The van der Waals surface area contributed by atoms with Crippen LogP contribution in [0.1, 0.15) is 73.4 Å². The summed E-state index contributed by atoms with van der Waals surface area (Å²) in [7, 11) is -4.41. The Kier molecular flexibility index (Phi) is 14.5.